The van der Waals surface area contributed by atoms with Crippen LogP contribution in [0.3, 0.4) is 0 Å². The van der Waals surface area contributed by atoms with Crippen LogP contribution in [-0.4, -0.2) is 45.9 Å². The lowest BCUT2D eigenvalue weighted by molar-refractivity contribution is 0.0897. The first kappa shape index (κ1) is 23.1. The summed E-state index contributed by atoms with van der Waals surface area (Å²) >= 11 is 2.59. The second kappa shape index (κ2) is 9.83. The minimum absolute atomic E-state index is 0.144. The highest BCUT2D eigenvalue weighted by Gasteiger charge is 2.18. The maximum Gasteiger partial charge on any atom is 0.208 e. The standard InChI is InChI=1S/C21H23N7O3S2/c1-11-17(6-5-7-22-11)32-14-8-16(31-18-12(2)26-28(4)13(18)3)20(23-9-14)25-21-24-19(27-33-21)15(30)10-29/h5-9,15,29-30H,10H2,1-4H3,(H,23,24,25,27)/t15-/m1/s1. The fraction of sp³-hybridized carbons (Fsp3) is 0.286. The number of aromatic nitrogens is 6. The number of hydrogen-bond donors (Lipinski definition) is 3. The van der Waals surface area contributed by atoms with Crippen molar-refractivity contribution in [3.05, 3.63) is 53.5 Å². The van der Waals surface area contributed by atoms with Crippen LogP contribution in [0.2, 0.25) is 0 Å². The summed E-state index contributed by atoms with van der Waals surface area (Å²) in [4.78, 5) is 15.0. The van der Waals surface area contributed by atoms with Gasteiger partial charge in [0.2, 0.25) is 5.13 Å². The van der Waals surface area contributed by atoms with Gasteiger partial charge in [0, 0.05) is 46.8 Å². The van der Waals surface area contributed by atoms with Gasteiger partial charge in [0.25, 0.3) is 0 Å². The van der Waals surface area contributed by atoms with E-state index >= 15 is 0 Å². The molecule has 0 unspecified atom stereocenters. The Balaban J connectivity index is 1.68. The van der Waals surface area contributed by atoms with Crippen molar-refractivity contribution in [2.75, 3.05) is 11.9 Å². The smallest absolute Gasteiger partial charge is 0.208 e. The van der Waals surface area contributed by atoms with Crippen LogP contribution in [0.4, 0.5) is 10.9 Å². The second-order valence-corrected chi connectivity index (χ2v) is 9.08. The van der Waals surface area contributed by atoms with E-state index < -0.39 is 12.7 Å². The Morgan fingerprint density at radius 1 is 1.24 bits per heavy atom. The van der Waals surface area contributed by atoms with Gasteiger partial charge in [-0.25, -0.2) is 9.97 Å². The van der Waals surface area contributed by atoms with E-state index in [0.29, 0.717) is 22.4 Å². The number of anilines is 2. The Hall–Kier alpha value is -3.06. The molecule has 0 spiro atoms. The van der Waals surface area contributed by atoms with Gasteiger partial charge < -0.3 is 20.3 Å². The van der Waals surface area contributed by atoms with Gasteiger partial charge in [-0.15, -0.1) is 0 Å². The van der Waals surface area contributed by atoms with E-state index in [-0.39, 0.29) is 5.82 Å². The van der Waals surface area contributed by atoms with Crippen LogP contribution >= 0.6 is 23.3 Å². The number of pyridine rings is 2. The molecule has 0 aliphatic rings. The van der Waals surface area contributed by atoms with E-state index in [0.717, 1.165) is 38.4 Å². The van der Waals surface area contributed by atoms with Crippen LogP contribution in [0.25, 0.3) is 0 Å². The number of ether oxygens (including phenoxy) is 1. The fourth-order valence-electron chi connectivity index (χ4n) is 2.97. The van der Waals surface area contributed by atoms with Crippen molar-refractivity contribution < 1.29 is 14.9 Å². The highest BCUT2D eigenvalue weighted by Crippen LogP contribution is 2.38. The van der Waals surface area contributed by atoms with Crippen LogP contribution in [0.1, 0.15) is 29.0 Å². The summed E-state index contributed by atoms with van der Waals surface area (Å²) in [6, 6.07) is 5.79. The first-order valence-electron chi connectivity index (χ1n) is 10.0. The van der Waals surface area contributed by atoms with Crippen molar-refractivity contribution >= 4 is 34.2 Å². The van der Waals surface area contributed by atoms with E-state index in [1.807, 2.05) is 46.0 Å². The lowest BCUT2D eigenvalue weighted by Crippen LogP contribution is -2.04. The number of hydrogen-bond acceptors (Lipinski definition) is 11. The first-order valence-corrected chi connectivity index (χ1v) is 11.6. The summed E-state index contributed by atoms with van der Waals surface area (Å²) in [5, 5.41) is 26.8. The van der Waals surface area contributed by atoms with Gasteiger partial charge in [-0.3, -0.25) is 9.67 Å². The summed E-state index contributed by atoms with van der Waals surface area (Å²) in [6.45, 7) is 5.32. The minimum Gasteiger partial charge on any atom is -0.450 e. The molecule has 12 heteroatoms. The predicted octanol–water partition coefficient (Wildman–Crippen LogP) is 3.70. The normalized spacial score (nSPS) is 12.1. The molecular formula is C21H23N7O3S2. The lowest BCUT2D eigenvalue weighted by Gasteiger charge is -2.13. The molecule has 0 radical (unpaired) electrons. The number of nitrogens with one attached hydrogen (secondary N) is 1. The molecule has 0 fully saturated rings. The zero-order valence-corrected chi connectivity index (χ0v) is 20.1. The highest BCUT2D eigenvalue weighted by atomic mass is 32.2. The van der Waals surface area contributed by atoms with Gasteiger partial charge in [-0.05, 0) is 32.9 Å². The van der Waals surface area contributed by atoms with Crippen LogP contribution in [0.15, 0.2) is 40.4 Å². The molecule has 0 amide bonds. The first-order chi connectivity index (χ1) is 15.9. The van der Waals surface area contributed by atoms with Gasteiger partial charge in [0.15, 0.2) is 23.1 Å². The number of aliphatic hydroxyl groups is 2. The Labute approximate surface area is 198 Å². The number of aliphatic hydroxyl groups excluding tert-OH is 2. The van der Waals surface area contributed by atoms with Gasteiger partial charge in [-0.1, -0.05) is 11.8 Å². The molecule has 0 saturated carbocycles. The molecule has 10 nitrogen and oxygen atoms in total. The van der Waals surface area contributed by atoms with E-state index in [1.54, 1.807) is 17.1 Å². The fourth-order valence-corrected chi connectivity index (χ4v) is 4.47. The number of nitrogens with zero attached hydrogens (tertiary/aromatic N) is 6. The highest BCUT2D eigenvalue weighted by molar-refractivity contribution is 7.99. The molecule has 4 heterocycles. The largest absolute Gasteiger partial charge is 0.450 e. The molecular weight excluding hydrogens is 462 g/mol. The molecule has 33 heavy (non-hydrogen) atoms. The molecule has 1 atom stereocenters. The van der Waals surface area contributed by atoms with Crippen LogP contribution in [0.5, 0.6) is 11.5 Å². The average Bonchev–Trinajstić information content (AvgIpc) is 3.36. The Kier molecular flexibility index (Phi) is 6.88. The molecule has 4 aromatic heterocycles. The van der Waals surface area contributed by atoms with Crippen molar-refractivity contribution in [2.24, 2.45) is 7.05 Å². The Bertz CT molecular complexity index is 1270. The molecule has 172 valence electrons. The Morgan fingerprint density at radius 2 is 2.06 bits per heavy atom. The van der Waals surface area contributed by atoms with Crippen molar-refractivity contribution in [1.82, 2.24) is 29.1 Å². The van der Waals surface area contributed by atoms with Gasteiger partial charge >= 0.3 is 0 Å². The van der Waals surface area contributed by atoms with E-state index in [4.69, 9.17) is 9.84 Å². The molecule has 0 aromatic carbocycles. The maximum atomic E-state index is 9.77. The average molecular weight is 486 g/mol. The van der Waals surface area contributed by atoms with Crippen molar-refractivity contribution in [3.63, 3.8) is 0 Å². The van der Waals surface area contributed by atoms with Gasteiger partial charge in [0.05, 0.1) is 18.0 Å². The zero-order valence-electron chi connectivity index (χ0n) is 18.5. The Morgan fingerprint density at radius 3 is 2.76 bits per heavy atom. The summed E-state index contributed by atoms with van der Waals surface area (Å²) in [5.74, 6) is 1.72. The van der Waals surface area contributed by atoms with Crippen molar-refractivity contribution in [3.8, 4) is 11.5 Å². The minimum atomic E-state index is -1.14. The van der Waals surface area contributed by atoms with E-state index in [1.165, 1.54) is 11.8 Å². The molecule has 4 rings (SSSR count). The van der Waals surface area contributed by atoms with E-state index in [9.17, 15) is 5.11 Å². The summed E-state index contributed by atoms with van der Waals surface area (Å²) in [7, 11) is 1.86. The predicted molar refractivity (Wildman–Crippen MR) is 125 cm³/mol. The SMILES string of the molecule is Cc1ncccc1Sc1cnc(Nc2nc([C@H](O)CO)ns2)c(Oc2c(C)nn(C)c2C)c1. The molecule has 4 aromatic rings. The maximum absolute atomic E-state index is 9.77. The summed E-state index contributed by atoms with van der Waals surface area (Å²) in [5.41, 5.74) is 2.56. The summed E-state index contributed by atoms with van der Waals surface area (Å²) < 4.78 is 12.1. The van der Waals surface area contributed by atoms with E-state index in [2.05, 4.69) is 29.7 Å². The van der Waals surface area contributed by atoms with Crippen LogP contribution in [-0.2, 0) is 7.05 Å². The molecule has 0 aliphatic carbocycles. The molecule has 3 N–H and O–H groups in total. The third kappa shape index (κ3) is 5.14. The summed E-state index contributed by atoms with van der Waals surface area (Å²) in [6.07, 6.45) is 2.36. The van der Waals surface area contributed by atoms with Gasteiger partial charge in [0.1, 0.15) is 11.8 Å². The lowest BCUT2D eigenvalue weighted by atomic mass is 10.3. The van der Waals surface area contributed by atoms with Crippen LogP contribution in [0, 0.1) is 20.8 Å². The number of rotatable bonds is 8. The molecule has 0 aliphatic heterocycles. The monoisotopic (exact) mass is 485 g/mol. The molecule has 0 saturated heterocycles. The van der Waals surface area contributed by atoms with Gasteiger partial charge in [-0.2, -0.15) is 9.47 Å². The second-order valence-electron chi connectivity index (χ2n) is 7.21. The number of aryl methyl sites for hydroxylation is 3. The van der Waals surface area contributed by atoms with Crippen LogP contribution < -0.4 is 10.1 Å². The topological polar surface area (TPSA) is 131 Å². The molecule has 0 bridgehead atoms. The third-order valence-corrected chi connectivity index (χ3v) is 6.56. The quantitative estimate of drug-likeness (QED) is 0.339. The zero-order chi connectivity index (χ0) is 23.5. The van der Waals surface area contributed by atoms with Crippen molar-refractivity contribution in [1.29, 1.82) is 0 Å². The van der Waals surface area contributed by atoms with Crippen molar-refractivity contribution in [2.45, 2.75) is 36.7 Å². The third-order valence-electron chi connectivity index (χ3n) is 4.81.